The summed E-state index contributed by atoms with van der Waals surface area (Å²) in [5, 5.41) is 27.3. The molecule has 0 aliphatic rings. The van der Waals surface area contributed by atoms with E-state index in [0.29, 0.717) is 11.5 Å². The summed E-state index contributed by atoms with van der Waals surface area (Å²) >= 11 is 0. The fourth-order valence-corrected chi connectivity index (χ4v) is 6.75. The zero-order valence-electron chi connectivity index (χ0n) is 22.9. The van der Waals surface area contributed by atoms with Crippen LogP contribution in [0.5, 0.6) is 5.75 Å². The number of fused-ring (bicyclic) bond motifs is 1. The smallest absolute Gasteiger partial charge is 0.296 e. The third-order valence-corrected chi connectivity index (χ3v) is 10.7. The van der Waals surface area contributed by atoms with Crippen LogP contribution < -0.4 is 5.73 Å². The molecule has 0 amide bonds. The molecule has 46 heavy (non-hydrogen) atoms. The maximum atomic E-state index is 12.2. The van der Waals surface area contributed by atoms with Gasteiger partial charge in [0.1, 0.15) is 26.9 Å². The molecule has 4 rings (SSSR count). The summed E-state index contributed by atoms with van der Waals surface area (Å²) < 4.78 is 116. The highest BCUT2D eigenvalue weighted by atomic mass is 32.2. The molecule has 0 heterocycles. The van der Waals surface area contributed by atoms with Gasteiger partial charge < -0.3 is 10.8 Å². The molecule has 4 aromatic carbocycles. The summed E-state index contributed by atoms with van der Waals surface area (Å²) in [6, 6.07) is 10.8. The van der Waals surface area contributed by atoms with Crippen molar-refractivity contribution in [2.24, 2.45) is 20.5 Å². The van der Waals surface area contributed by atoms with E-state index in [2.05, 4.69) is 33.6 Å². The normalized spacial score (nSPS) is 13.0. The van der Waals surface area contributed by atoms with Crippen molar-refractivity contribution in [1.29, 1.82) is 0 Å². The van der Waals surface area contributed by atoms with Gasteiger partial charge in [-0.25, -0.2) is 16.8 Å². The molecule has 0 atom stereocenters. The first-order chi connectivity index (χ1) is 21.3. The lowest BCUT2D eigenvalue weighted by Crippen LogP contribution is -2.02. The van der Waals surface area contributed by atoms with E-state index in [0.717, 1.165) is 29.7 Å². The number of rotatable bonds is 10. The second kappa shape index (κ2) is 12.2. The van der Waals surface area contributed by atoms with Crippen molar-refractivity contribution in [3.05, 3.63) is 84.6 Å². The zero-order chi connectivity index (χ0) is 34.2. The number of hydrogen-bond donors (Lipinski definition) is 4. The van der Waals surface area contributed by atoms with Gasteiger partial charge in [0.05, 0.1) is 26.6 Å². The Morgan fingerprint density at radius 1 is 0.630 bits per heavy atom. The van der Waals surface area contributed by atoms with Gasteiger partial charge in [-0.3, -0.25) is 9.11 Å². The molecule has 240 valence electrons. The summed E-state index contributed by atoms with van der Waals surface area (Å²) in [7, 11) is -17.8. The van der Waals surface area contributed by atoms with E-state index >= 15 is 0 Å². The Bertz CT molecular complexity index is 2440. The summed E-state index contributed by atoms with van der Waals surface area (Å²) in [4.78, 5) is -2.31. The second-order valence-electron chi connectivity index (χ2n) is 9.07. The van der Waals surface area contributed by atoms with Crippen LogP contribution in [0.3, 0.4) is 0 Å². The standard InChI is InChI=1S/C26H21N5O11S4/c1-3-43(33,34)17-8-6-16(7-9-17)28-31-25-22(46(40,41)42)13-15-5-11-20(26(32)23(15)24(25)27)30-29-19-12-10-18(44(35,36)4-2)14-21(19)45(37,38)39/h3-14,32H,1-2,27H2,(H,37,38,39)(H,40,41,42)/b30-29+,31-28+. The number of sulfone groups is 2. The lowest BCUT2D eigenvalue weighted by atomic mass is 10.1. The minimum Gasteiger partial charge on any atom is -0.505 e. The number of azo groups is 2. The van der Waals surface area contributed by atoms with Gasteiger partial charge in [0.15, 0.2) is 25.4 Å². The van der Waals surface area contributed by atoms with Crippen LogP contribution in [0.1, 0.15) is 0 Å². The summed E-state index contributed by atoms with van der Waals surface area (Å²) in [5.41, 5.74) is 4.28. The van der Waals surface area contributed by atoms with Gasteiger partial charge >= 0.3 is 0 Å². The number of benzene rings is 4. The van der Waals surface area contributed by atoms with E-state index in [9.17, 15) is 47.9 Å². The number of anilines is 1. The van der Waals surface area contributed by atoms with E-state index in [-0.39, 0.29) is 27.0 Å². The minimum atomic E-state index is -5.02. The first-order valence-electron chi connectivity index (χ1n) is 12.2. The van der Waals surface area contributed by atoms with Gasteiger partial charge in [-0.1, -0.05) is 19.2 Å². The minimum absolute atomic E-state index is 0.0166. The molecular weight excluding hydrogens is 687 g/mol. The Labute approximate surface area is 262 Å². The van der Waals surface area contributed by atoms with E-state index in [1.807, 2.05) is 0 Å². The zero-order valence-corrected chi connectivity index (χ0v) is 26.2. The number of aromatic hydroxyl groups is 1. The number of phenolic OH excluding ortho intramolecular Hbond substituents is 1. The third-order valence-electron chi connectivity index (χ3n) is 6.18. The molecule has 0 saturated carbocycles. The van der Waals surface area contributed by atoms with Crippen LogP contribution in [0, 0.1) is 0 Å². The number of nitrogen functional groups attached to an aromatic ring is 1. The van der Waals surface area contributed by atoms with Crippen molar-refractivity contribution in [2.75, 3.05) is 5.73 Å². The van der Waals surface area contributed by atoms with Crippen LogP contribution in [-0.2, 0) is 39.9 Å². The Balaban J connectivity index is 1.85. The summed E-state index contributed by atoms with van der Waals surface area (Å²) in [6.07, 6.45) is 0. The van der Waals surface area contributed by atoms with E-state index in [1.165, 1.54) is 30.3 Å². The molecule has 16 nitrogen and oxygen atoms in total. The van der Waals surface area contributed by atoms with Gasteiger partial charge in [0.25, 0.3) is 20.2 Å². The van der Waals surface area contributed by atoms with Crippen molar-refractivity contribution < 1.29 is 47.9 Å². The van der Waals surface area contributed by atoms with Gasteiger partial charge in [-0.05, 0) is 60.0 Å². The monoisotopic (exact) mass is 707 g/mol. The first kappa shape index (κ1) is 34.0. The summed E-state index contributed by atoms with van der Waals surface area (Å²) in [6.45, 7) is 6.37. The van der Waals surface area contributed by atoms with E-state index in [4.69, 9.17) is 5.73 Å². The molecule has 0 spiro atoms. The molecule has 0 aliphatic heterocycles. The molecule has 5 N–H and O–H groups in total. The highest BCUT2D eigenvalue weighted by Gasteiger charge is 2.24. The fraction of sp³-hybridized carbons (Fsp3) is 0. The number of phenols is 1. The van der Waals surface area contributed by atoms with Crippen molar-refractivity contribution in [3.63, 3.8) is 0 Å². The topological polar surface area (TPSA) is 273 Å². The largest absolute Gasteiger partial charge is 0.505 e. The Kier molecular flexibility index (Phi) is 8.99. The van der Waals surface area contributed by atoms with Gasteiger partial charge in [-0.2, -0.15) is 21.9 Å². The molecule has 0 aromatic heterocycles. The molecule has 0 radical (unpaired) electrons. The Morgan fingerprint density at radius 2 is 1.15 bits per heavy atom. The number of nitrogens with zero attached hydrogens (tertiary/aromatic N) is 4. The Morgan fingerprint density at radius 3 is 1.72 bits per heavy atom. The maximum Gasteiger partial charge on any atom is 0.296 e. The lowest BCUT2D eigenvalue weighted by Gasteiger charge is -2.12. The van der Waals surface area contributed by atoms with Crippen molar-refractivity contribution in [1.82, 2.24) is 0 Å². The van der Waals surface area contributed by atoms with E-state index in [1.54, 1.807) is 0 Å². The number of nitrogens with two attached hydrogens (primary N) is 1. The van der Waals surface area contributed by atoms with Gasteiger partial charge in [-0.15, -0.1) is 15.3 Å². The molecular formula is C26H21N5O11S4. The first-order valence-corrected chi connectivity index (χ1v) is 18.1. The van der Waals surface area contributed by atoms with Crippen LogP contribution in [0.15, 0.2) is 125 Å². The second-order valence-corrected chi connectivity index (χ2v) is 15.6. The maximum absolute atomic E-state index is 12.2. The molecule has 0 aliphatic carbocycles. The predicted molar refractivity (Wildman–Crippen MR) is 166 cm³/mol. The van der Waals surface area contributed by atoms with Crippen LogP contribution in [0.2, 0.25) is 0 Å². The molecule has 0 fully saturated rings. The highest BCUT2D eigenvalue weighted by Crippen LogP contribution is 2.45. The molecule has 4 aromatic rings. The van der Waals surface area contributed by atoms with Crippen molar-refractivity contribution >= 4 is 79.1 Å². The van der Waals surface area contributed by atoms with Crippen molar-refractivity contribution in [2.45, 2.75) is 19.6 Å². The molecule has 0 unspecified atom stereocenters. The average molecular weight is 708 g/mol. The highest BCUT2D eigenvalue weighted by molar-refractivity contribution is 7.94. The molecule has 20 heteroatoms. The summed E-state index contributed by atoms with van der Waals surface area (Å²) in [5.74, 6) is -0.699. The third kappa shape index (κ3) is 6.85. The van der Waals surface area contributed by atoms with E-state index < -0.39 is 77.4 Å². The average Bonchev–Trinajstić information content (AvgIpc) is 2.99. The number of hydrogen-bond acceptors (Lipinski definition) is 14. The molecule has 0 bridgehead atoms. The SMILES string of the molecule is C=CS(=O)(=O)c1ccc(/N=N/c2c(S(=O)(=O)O)cc3ccc(/N=N/c4ccc(S(=O)(=O)C=C)cc4S(=O)(=O)O)c(O)c3c2N)cc1. The fourth-order valence-electron chi connectivity index (χ4n) is 3.91. The lowest BCUT2D eigenvalue weighted by molar-refractivity contribution is 0.480. The van der Waals surface area contributed by atoms with Gasteiger partial charge in [0, 0.05) is 10.8 Å². The quantitative estimate of drug-likeness (QED) is 0.0930. The van der Waals surface area contributed by atoms with Crippen LogP contribution in [-0.4, -0.2) is 47.9 Å². The Hall–Kier alpha value is -4.86. The van der Waals surface area contributed by atoms with Crippen LogP contribution in [0.25, 0.3) is 10.8 Å². The van der Waals surface area contributed by atoms with Crippen LogP contribution >= 0.6 is 0 Å². The predicted octanol–water partition coefficient (Wildman–Crippen LogP) is 5.29. The van der Waals surface area contributed by atoms with Gasteiger partial charge in [0.2, 0.25) is 0 Å². The van der Waals surface area contributed by atoms with Crippen molar-refractivity contribution in [3.8, 4) is 5.75 Å². The van der Waals surface area contributed by atoms with Crippen LogP contribution in [0.4, 0.5) is 28.4 Å². The molecule has 0 saturated heterocycles.